The van der Waals surface area contributed by atoms with Gasteiger partial charge in [-0.3, -0.25) is 10.1 Å². The molecule has 1 aliphatic rings. The average molecular weight is 470 g/mol. The van der Waals surface area contributed by atoms with E-state index in [-0.39, 0.29) is 18.4 Å². The van der Waals surface area contributed by atoms with Gasteiger partial charge in [-0.25, -0.2) is 9.78 Å². The number of anilines is 3. The summed E-state index contributed by atoms with van der Waals surface area (Å²) in [5.74, 6) is 0.0434. The van der Waals surface area contributed by atoms with E-state index >= 15 is 0 Å². The van der Waals surface area contributed by atoms with Crippen LogP contribution >= 0.6 is 22.9 Å². The van der Waals surface area contributed by atoms with Crippen LogP contribution in [-0.4, -0.2) is 48.0 Å². The molecule has 166 valence electrons. The Morgan fingerprint density at radius 1 is 1.06 bits per heavy atom. The van der Waals surface area contributed by atoms with Gasteiger partial charge in [-0.05, 0) is 48.9 Å². The predicted molar refractivity (Wildman–Crippen MR) is 130 cm³/mol. The third kappa shape index (κ3) is 5.77. The zero-order valence-corrected chi connectivity index (χ0v) is 19.2. The van der Waals surface area contributed by atoms with E-state index in [0.717, 1.165) is 24.3 Å². The monoisotopic (exact) mass is 469 g/mol. The number of hydrogen-bond donors (Lipinski definition) is 2. The Labute approximate surface area is 196 Å². The number of nitrogens with zero attached hydrogens (tertiary/aromatic N) is 3. The third-order valence-corrected chi connectivity index (χ3v) is 6.26. The minimum Gasteiger partial charge on any atom is -0.368 e. The summed E-state index contributed by atoms with van der Waals surface area (Å²) in [7, 11) is 0. The van der Waals surface area contributed by atoms with Crippen molar-refractivity contribution < 1.29 is 9.59 Å². The number of hydrogen-bond acceptors (Lipinski definition) is 5. The maximum atomic E-state index is 12.7. The number of halogens is 1. The van der Waals surface area contributed by atoms with Gasteiger partial charge in [0.1, 0.15) is 0 Å². The first-order chi connectivity index (χ1) is 15.5. The van der Waals surface area contributed by atoms with Crippen molar-refractivity contribution in [3.63, 3.8) is 0 Å². The number of carbonyl (C=O) groups excluding carboxylic acids is 2. The standard InChI is InChI=1S/C23H24ClN5O2S/c1-16-3-2-4-18(13-16)25-22(31)27-23-26-19(15-32-23)14-21(30)29-11-9-28(10-12-29)20-7-5-17(24)6-8-20/h2-8,13,15H,9-12,14H2,1H3,(H2,25,26,27,31). The highest BCUT2D eigenvalue weighted by Gasteiger charge is 2.22. The topological polar surface area (TPSA) is 77.6 Å². The van der Waals surface area contributed by atoms with Gasteiger partial charge in [-0.1, -0.05) is 23.7 Å². The van der Waals surface area contributed by atoms with E-state index in [1.165, 1.54) is 11.3 Å². The molecule has 7 nitrogen and oxygen atoms in total. The van der Waals surface area contributed by atoms with Crippen LogP contribution in [0.3, 0.4) is 0 Å². The lowest BCUT2D eigenvalue weighted by atomic mass is 10.2. The SMILES string of the molecule is Cc1cccc(NC(=O)Nc2nc(CC(=O)N3CCN(c4ccc(Cl)cc4)CC3)cs2)c1. The van der Waals surface area contributed by atoms with Gasteiger partial charge in [-0.15, -0.1) is 11.3 Å². The summed E-state index contributed by atoms with van der Waals surface area (Å²) < 4.78 is 0. The molecule has 4 rings (SSSR count). The normalized spacial score (nSPS) is 13.7. The lowest BCUT2D eigenvalue weighted by Crippen LogP contribution is -2.49. The second-order valence-corrected chi connectivity index (χ2v) is 8.91. The minimum atomic E-state index is -0.360. The zero-order valence-electron chi connectivity index (χ0n) is 17.7. The van der Waals surface area contributed by atoms with Crippen molar-refractivity contribution in [3.8, 4) is 0 Å². The van der Waals surface area contributed by atoms with Crippen LogP contribution in [0.15, 0.2) is 53.9 Å². The second kappa shape index (κ2) is 10.0. The highest BCUT2D eigenvalue weighted by molar-refractivity contribution is 7.14. The summed E-state index contributed by atoms with van der Waals surface area (Å²) in [5.41, 5.74) is 3.55. The Hall–Kier alpha value is -3.10. The van der Waals surface area contributed by atoms with Crippen LogP contribution in [0.1, 0.15) is 11.3 Å². The second-order valence-electron chi connectivity index (χ2n) is 7.61. The fraction of sp³-hybridized carbons (Fsp3) is 0.261. The Morgan fingerprint density at radius 3 is 2.53 bits per heavy atom. The number of thiazole rings is 1. The summed E-state index contributed by atoms with van der Waals surface area (Å²) >= 11 is 7.27. The smallest absolute Gasteiger partial charge is 0.325 e. The summed E-state index contributed by atoms with van der Waals surface area (Å²) in [5, 5.41) is 8.50. The zero-order chi connectivity index (χ0) is 22.5. The first kappa shape index (κ1) is 22.1. The number of carbonyl (C=O) groups is 2. The minimum absolute atomic E-state index is 0.0434. The Balaban J connectivity index is 1.25. The van der Waals surface area contributed by atoms with E-state index in [0.29, 0.717) is 34.6 Å². The number of benzene rings is 2. The van der Waals surface area contributed by atoms with Crippen LogP contribution in [-0.2, 0) is 11.2 Å². The van der Waals surface area contributed by atoms with Gasteiger partial charge >= 0.3 is 6.03 Å². The molecule has 1 fully saturated rings. The van der Waals surface area contributed by atoms with Gasteiger partial charge in [0.05, 0.1) is 12.1 Å². The van der Waals surface area contributed by atoms with Gasteiger partial charge in [-0.2, -0.15) is 0 Å². The molecule has 0 aliphatic carbocycles. The van der Waals surface area contributed by atoms with E-state index in [9.17, 15) is 9.59 Å². The lowest BCUT2D eigenvalue weighted by Gasteiger charge is -2.36. The van der Waals surface area contributed by atoms with E-state index in [2.05, 4.69) is 20.5 Å². The van der Waals surface area contributed by atoms with Crippen molar-refractivity contribution in [2.24, 2.45) is 0 Å². The van der Waals surface area contributed by atoms with Gasteiger partial charge in [0.25, 0.3) is 0 Å². The van der Waals surface area contributed by atoms with Gasteiger partial charge < -0.3 is 15.1 Å². The van der Waals surface area contributed by atoms with Crippen molar-refractivity contribution in [1.82, 2.24) is 9.88 Å². The molecule has 0 spiro atoms. The number of aromatic nitrogens is 1. The molecule has 1 saturated heterocycles. The molecule has 2 N–H and O–H groups in total. The lowest BCUT2D eigenvalue weighted by molar-refractivity contribution is -0.130. The molecule has 3 amide bonds. The predicted octanol–water partition coefficient (Wildman–Crippen LogP) is 4.64. The molecular weight excluding hydrogens is 446 g/mol. The fourth-order valence-electron chi connectivity index (χ4n) is 3.56. The van der Waals surface area contributed by atoms with E-state index in [4.69, 9.17) is 11.6 Å². The molecule has 3 aromatic rings. The number of nitrogens with one attached hydrogen (secondary N) is 2. The molecule has 9 heteroatoms. The Bertz CT molecular complexity index is 1090. The number of amides is 3. The number of aryl methyl sites for hydroxylation is 1. The molecular formula is C23H24ClN5O2S. The van der Waals surface area contributed by atoms with E-state index in [1.54, 1.807) is 0 Å². The largest absolute Gasteiger partial charge is 0.368 e. The van der Waals surface area contributed by atoms with Crippen LogP contribution < -0.4 is 15.5 Å². The molecule has 0 atom stereocenters. The summed E-state index contributed by atoms with van der Waals surface area (Å²) in [6.45, 7) is 4.84. The van der Waals surface area contributed by atoms with Gasteiger partial charge in [0.15, 0.2) is 5.13 Å². The highest BCUT2D eigenvalue weighted by Crippen LogP contribution is 2.21. The molecule has 0 unspecified atom stereocenters. The van der Waals surface area contributed by atoms with Crippen LogP contribution in [0.25, 0.3) is 0 Å². The number of urea groups is 1. The molecule has 2 aromatic carbocycles. The Morgan fingerprint density at radius 2 is 1.81 bits per heavy atom. The maximum Gasteiger partial charge on any atom is 0.325 e. The summed E-state index contributed by atoms with van der Waals surface area (Å²) in [4.78, 5) is 33.4. The first-order valence-electron chi connectivity index (χ1n) is 10.3. The van der Waals surface area contributed by atoms with E-state index < -0.39 is 0 Å². The maximum absolute atomic E-state index is 12.7. The molecule has 1 aliphatic heterocycles. The highest BCUT2D eigenvalue weighted by atomic mass is 35.5. The van der Waals surface area contributed by atoms with Crippen LogP contribution in [0.2, 0.25) is 5.02 Å². The molecule has 1 aromatic heterocycles. The molecule has 0 saturated carbocycles. The van der Waals surface area contributed by atoms with Crippen molar-refractivity contribution in [3.05, 3.63) is 70.2 Å². The van der Waals surface area contributed by atoms with Crippen molar-refractivity contribution in [2.75, 3.05) is 41.7 Å². The van der Waals surface area contributed by atoms with Crippen molar-refractivity contribution >= 4 is 51.4 Å². The van der Waals surface area contributed by atoms with Crippen LogP contribution in [0, 0.1) is 6.92 Å². The van der Waals surface area contributed by atoms with Crippen LogP contribution in [0.5, 0.6) is 0 Å². The van der Waals surface area contributed by atoms with Gasteiger partial charge in [0, 0.05) is 48.0 Å². The molecule has 32 heavy (non-hydrogen) atoms. The number of piperazine rings is 1. The summed E-state index contributed by atoms with van der Waals surface area (Å²) in [6.07, 6.45) is 0.221. The number of rotatable bonds is 5. The van der Waals surface area contributed by atoms with Gasteiger partial charge in [0.2, 0.25) is 5.91 Å². The fourth-order valence-corrected chi connectivity index (χ4v) is 4.39. The molecule has 2 heterocycles. The quantitative estimate of drug-likeness (QED) is 0.570. The van der Waals surface area contributed by atoms with E-state index in [1.807, 2.05) is 65.7 Å². The third-order valence-electron chi connectivity index (χ3n) is 5.20. The summed E-state index contributed by atoms with van der Waals surface area (Å²) in [6, 6.07) is 15.0. The molecule has 0 bridgehead atoms. The molecule has 0 radical (unpaired) electrons. The van der Waals surface area contributed by atoms with Crippen molar-refractivity contribution in [2.45, 2.75) is 13.3 Å². The van der Waals surface area contributed by atoms with Crippen molar-refractivity contribution in [1.29, 1.82) is 0 Å². The first-order valence-corrected chi connectivity index (χ1v) is 11.6. The average Bonchev–Trinajstić information content (AvgIpc) is 3.21. The van der Waals surface area contributed by atoms with Crippen LogP contribution in [0.4, 0.5) is 21.3 Å². The Kier molecular flexibility index (Phi) is 6.92.